The number of methoxy groups -OCH3 is 1. The molecule has 316 valence electrons. The van der Waals surface area contributed by atoms with Gasteiger partial charge in [0.2, 0.25) is 0 Å². The van der Waals surface area contributed by atoms with Gasteiger partial charge in [-0.3, -0.25) is 4.79 Å². The minimum atomic E-state index is -1.58. The van der Waals surface area contributed by atoms with E-state index < -0.39 is 54.7 Å². The molecule has 1 aromatic carbocycles. The number of aliphatic hydroxyl groups is 3. The number of hydrogen-bond acceptors (Lipinski definition) is 10. The second kappa shape index (κ2) is 14.6. The molecule has 0 aromatic heterocycles. The average Bonchev–Trinajstić information content (AvgIpc) is 3.15. The highest BCUT2D eigenvalue weighted by Crippen LogP contribution is 2.76. The van der Waals surface area contributed by atoms with Crippen LogP contribution in [-0.2, 0) is 23.8 Å². The minimum Gasteiger partial charge on any atom is -0.504 e. The summed E-state index contributed by atoms with van der Waals surface area (Å²) in [6.45, 7) is 16.0. The van der Waals surface area contributed by atoms with E-state index in [4.69, 9.17) is 18.9 Å². The Bertz CT molecular complexity index is 1780. The number of esters is 1. The van der Waals surface area contributed by atoms with E-state index in [1.165, 1.54) is 24.8 Å². The van der Waals surface area contributed by atoms with Crippen molar-refractivity contribution in [3.63, 3.8) is 0 Å². The predicted molar refractivity (Wildman–Crippen MR) is 213 cm³/mol. The van der Waals surface area contributed by atoms with Crippen LogP contribution in [0.5, 0.6) is 11.5 Å². The molecule has 1 saturated heterocycles. The molecule has 0 amide bonds. The van der Waals surface area contributed by atoms with Crippen LogP contribution in [0.2, 0.25) is 0 Å². The summed E-state index contributed by atoms with van der Waals surface area (Å²) in [7, 11) is 1.42. The maximum atomic E-state index is 13.1. The van der Waals surface area contributed by atoms with Crippen molar-refractivity contribution in [3.05, 3.63) is 41.5 Å². The third-order valence-electron chi connectivity index (χ3n) is 17.0. The molecule has 11 heteroatoms. The summed E-state index contributed by atoms with van der Waals surface area (Å²) in [5.74, 6) is -0.467. The van der Waals surface area contributed by atoms with Gasteiger partial charge in [0.15, 0.2) is 23.9 Å². The lowest BCUT2D eigenvalue weighted by atomic mass is 9.33. The van der Waals surface area contributed by atoms with E-state index in [0.29, 0.717) is 17.4 Å². The number of rotatable bonds is 8. The molecular weight excluding hydrogens is 728 g/mol. The number of carbonyl (C=O) groups is 2. The highest BCUT2D eigenvalue weighted by molar-refractivity contribution is 5.87. The van der Waals surface area contributed by atoms with Gasteiger partial charge in [-0.1, -0.05) is 66.2 Å². The van der Waals surface area contributed by atoms with Crippen molar-refractivity contribution in [1.29, 1.82) is 0 Å². The molecule has 0 radical (unpaired) electrons. The maximum Gasteiger partial charge on any atom is 0.331 e. The Kier molecular flexibility index (Phi) is 10.8. The Labute approximate surface area is 337 Å². The first kappa shape index (κ1) is 42.2. The molecule has 0 unspecified atom stereocenters. The monoisotopic (exact) mass is 794 g/mol. The molecule has 13 atom stereocenters. The number of aromatic hydroxyl groups is 1. The average molecular weight is 795 g/mol. The summed E-state index contributed by atoms with van der Waals surface area (Å²) in [6.07, 6.45) is 6.81. The van der Waals surface area contributed by atoms with E-state index in [9.17, 15) is 35.1 Å². The first-order valence-corrected chi connectivity index (χ1v) is 21.1. The van der Waals surface area contributed by atoms with Crippen LogP contribution in [0.15, 0.2) is 35.9 Å². The van der Waals surface area contributed by atoms with Gasteiger partial charge in [-0.15, -0.1) is 0 Å². The molecule has 1 aliphatic heterocycles. The minimum absolute atomic E-state index is 0.00810. The van der Waals surface area contributed by atoms with Crippen LogP contribution < -0.4 is 4.74 Å². The topological polar surface area (TPSA) is 172 Å². The Balaban J connectivity index is 1.06. The Morgan fingerprint density at radius 1 is 0.930 bits per heavy atom. The van der Waals surface area contributed by atoms with Crippen LogP contribution in [-0.4, -0.2) is 88.0 Å². The van der Waals surface area contributed by atoms with Crippen molar-refractivity contribution in [3.8, 4) is 11.5 Å². The summed E-state index contributed by atoms with van der Waals surface area (Å²) in [4.78, 5) is 25.9. The Morgan fingerprint density at radius 3 is 2.33 bits per heavy atom. The molecule has 5 fully saturated rings. The summed E-state index contributed by atoms with van der Waals surface area (Å²) < 4.78 is 23.3. The lowest BCUT2D eigenvalue weighted by Crippen LogP contribution is -2.66. The van der Waals surface area contributed by atoms with Gasteiger partial charge in [0, 0.05) is 6.08 Å². The summed E-state index contributed by atoms with van der Waals surface area (Å²) in [5.41, 5.74) is 1.02. The van der Waals surface area contributed by atoms with Crippen molar-refractivity contribution in [2.75, 3.05) is 13.7 Å². The molecule has 1 aromatic rings. The van der Waals surface area contributed by atoms with Gasteiger partial charge in [0.1, 0.15) is 18.3 Å². The smallest absolute Gasteiger partial charge is 0.331 e. The van der Waals surface area contributed by atoms with Gasteiger partial charge >= 0.3 is 11.9 Å². The van der Waals surface area contributed by atoms with Crippen LogP contribution in [0.4, 0.5) is 0 Å². The molecule has 5 N–H and O–H groups in total. The zero-order valence-electron chi connectivity index (χ0n) is 35.1. The Morgan fingerprint density at radius 2 is 1.65 bits per heavy atom. The lowest BCUT2D eigenvalue weighted by molar-refractivity contribution is -0.330. The van der Waals surface area contributed by atoms with Crippen LogP contribution >= 0.6 is 0 Å². The van der Waals surface area contributed by atoms with E-state index in [2.05, 4.69) is 54.5 Å². The number of aliphatic carboxylic acids is 1. The second-order valence-corrected chi connectivity index (χ2v) is 20.5. The van der Waals surface area contributed by atoms with E-state index in [1.807, 2.05) is 0 Å². The molecule has 6 aliphatic rings. The van der Waals surface area contributed by atoms with Gasteiger partial charge in [-0.05, 0) is 133 Å². The standard InChI is InChI=1S/C46H66O11/c1-41(2)19-21-46(40(52)53)22-20-44(6)27(28(46)24-41)11-13-33-43(5)17-16-34(42(3,4)32(43)15-18-45(33,44)7)56-39-37(51)36(50)38(31(25-47)55-39)57-35(49)14-10-26-9-12-29(48)30(23-26)54-8/h9-12,14,23,28,31-34,36-39,47-48,50-51H,13,15-22,24-25H2,1-8H3,(H,52,53)/b14-10+/t28-,31+,32-,33+,34-,36+,37+,38+,39-,43-,44+,45+,46-/m0/s1. The van der Waals surface area contributed by atoms with Crippen LogP contribution in [0, 0.1) is 50.2 Å². The maximum absolute atomic E-state index is 13.1. The number of allylic oxidation sites excluding steroid dienone is 2. The predicted octanol–water partition coefficient (Wildman–Crippen LogP) is 7.04. The van der Waals surface area contributed by atoms with Gasteiger partial charge in [0.05, 0.1) is 25.2 Å². The Hall–Kier alpha value is -2.96. The number of aliphatic hydroxyl groups excluding tert-OH is 3. The van der Waals surface area contributed by atoms with Crippen molar-refractivity contribution in [1.82, 2.24) is 0 Å². The van der Waals surface area contributed by atoms with Gasteiger partial charge in [-0.25, -0.2) is 4.79 Å². The number of hydrogen-bond donors (Lipinski definition) is 5. The molecule has 11 nitrogen and oxygen atoms in total. The molecule has 4 saturated carbocycles. The number of fused-ring (bicyclic) bond motifs is 7. The number of ether oxygens (including phenoxy) is 4. The van der Waals surface area contributed by atoms with Gasteiger partial charge < -0.3 is 44.5 Å². The normalized spacial score (nSPS) is 43.4. The molecule has 57 heavy (non-hydrogen) atoms. The van der Waals surface area contributed by atoms with Crippen molar-refractivity contribution in [2.45, 2.75) is 149 Å². The SMILES string of the molecule is COc1cc(/C=C/C(=O)O[C@H]2[C@H](O)[C@@H](O)[C@H](O[C@H]3CC[C@]4(C)[C@H]5CC=C6[C@@H]7CC(C)(C)CC[C@]7(C(=O)O)CC[C@@]6(C)[C@]5(C)CC[C@H]4C3(C)C)O[C@@H]2CO)ccc1O. The molecule has 1 heterocycles. The first-order chi connectivity index (χ1) is 26.7. The fraction of sp³-hybridized carbons (Fsp3) is 0.739. The molecule has 5 aliphatic carbocycles. The van der Waals surface area contributed by atoms with Gasteiger partial charge in [-0.2, -0.15) is 0 Å². The first-order valence-electron chi connectivity index (χ1n) is 21.1. The van der Waals surface area contributed by atoms with Gasteiger partial charge in [0.25, 0.3) is 0 Å². The number of carboxylic acids is 1. The number of phenols is 1. The molecule has 0 spiro atoms. The molecule has 0 bridgehead atoms. The van der Waals surface area contributed by atoms with Crippen LogP contribution in [0.1, 0.15) is 118 Å². The highest BCUT2D eigenvalue weighted by atomic mass is 16.7. The van der Waals surface area contributed by atoms with E-state index in [0.717, 1.165) is 70.3 Å². The summed E-state index contributed by atoms with van der Waals surface area (Å²) in [5, 5.41) is 53.5. The second-order valence-electron chi connectivity index (χ2n) is 20.5. The highest BCUT2D eigenvalue weighted by Gasteiger charge is 2.69. The number of carboxylic acid groups (broad SMARTS) is 1. The lowest BCUT2D eigenvalue weighted by Gasteiger charge is -2.71. The third-order valence-corrected chi connectivity index (χ3v) is 17.0. The largest absolute Gasteiger partial charge is 0.504 e. The summed E-state index contributed by atoms with van der Waals surface area (Å²) >= 11 is 0. The van der Waals surface area contributed by atoms with Crippen LogP contribution in [0.25, 0.3) is 6.08 Å². The zero-order chi connectivity index (χ0) is 41.5. The quantitative estimate of drug-likeness (QED) is 0.0792. The number of phenolic OH excluding ortho intramolecular Hbond substituents is 1. The van der Waals surface area contributed by atoms with Crippen molar-refractivity contribution >= 4 is 18.0 Å². The van der Waals surface area contributed by atoms with Crippen molar-refractivity contribution < 1.29 is 54.1 Å². The third kappa shape index (κ3) is 6.66. The van der Waals surface area contributed by atoms with E-state index in [-0.39, 0.29) is 50.6 Å². The molecular formula is C46H66O11. The summed E-state index contributed by atoms with van der Waals surface area (Å²) in [6, 6.07) is 4.57. The van der Waals surface area contributed by atoms with E-state index in [1.54, 1.807) is 12.1 Å². The van der Waals surface area contributed by atoms with Crippen molar-refractivity contribution in [2.24, 2.45) is 50.2 Å². The van der Waals surface area contributed by atoms with E-state index >= 15 is 0 Å². The fourth-order valence-corrected chi connectivity index (χ4v) is 13.5. The fourth-order valence-electron chi connectivity index (χ4n) is 13.5. The molecule has 7 rings (SSSR count). The number of carbonyl (C=O) groups excluding carboxylic acids is 1. The van der Waals surface area contributed by atoms with Crippen LogP contribution in [0.3, 0.4) is 0 Å². The number of benzene rings is 1. The zero-order valence-corrected chi connectivity index (χ0v) is 35.1.